The quantitative estimate of drug-likeness (QED) is 0.544. The van der Waals surface area contributed by atoms with E-state index in [4.69, 9.17) is 14.1 Å². The standard InChI is InChI=1S/C25H31N3O3/c1-16(2)20-12-21-19(11-25(29)31-23(21)10-17(20)3)14-28-9-5-6-18(13-28)22-7-8-26-24(27-22)15-30-4/h7-8,10-12,16,18H,5-6,9,13-15H2,1-4H3/t18-/m0/s1. The monoisotopic (exact) mass is 421 g/mol. The number of aryl methyl sites for hydroxylation is 1. The molecule has 0 saturated carbocycles. The predicted molar refractivity (Wildman–Crippen MR) is 121 cm³/mol. The number of methoxy groups -OCH3 is 1. The van der Waals surface area contributed by atoms with E-state index < -0.39 is 0 Å². The van der Waals surface area contributed by atoms with E-state index in [0.717, 1.165) is 60.5 Å². The van der Waals surface area contributed by atoms with Crippen molar-refractivity contribution in [1.82, 2.24) is 14.9 Å². The molecule has 3 heterocycles. The molecule has 4 rings (SSSR count). The van der Waals surface area contributed by atoms with Crippen LogP contribution in [0.2, 0.25) is 0 Å². The summed E-state index contributed by atoms with van der Waals surface area (Å²) in [6.07, 6.45) is 4.03. The van der Waals surface area contributed by atoms with Gasteiger partial charge in [-0.05, 0) is 67.1 Å². The Kier molecular flexibility index (Phi) is 6.49. The molecule has 31 heavy (non-hydrogen) atoms. The van der Waals surface area contributed by atoms with Crippen molar-refractivity contribution in [3.63, 3.8) is 0 Å². The Morgan fingerprint density at radius 3 is 2.90 bits per heavy atom. The molecule has 1 aromatic carbocycles. The minimum absolute atomic E-state index is 0.284. The number of fused-ring (bicyclic) bond motifs is 1. The van der Waals surface area contributed by atoms with E-state index in [9.17, 15) is 4.79 Å². The molecule has 0 amide bonds. The van der Waals surface area contributed by atoms with Crippen molar-refractivity contribution in [3.05, 3.63) is 69.1 Å². The van der Waals surface area contributed by atoms with Crippen molar-refractivity contribution < 1.29 is 9.15 Å². The van der Waals surface area contributed by atoms with Crippen molar-refractivity contribution in [2.24, 2.45) is 0 Å². The molecule has 6 nitrogen and oxygen atoms in total. The lowest BCUT2D eigenvalue weighted by atomic mass is 9.93. The molecule has 0 spiro atoms. The van der Waals surface area contributed by atoms with Crippen LogP contribution in [0.3, 0.4) is 0 Å². The highest BCUT2D eigenvalue weighted by molar-refractivity contribution is 5.82. The van der Waals surface area contributed by atoms with E-state index in [1.165, 1.54) is 5.56 Å². The largest absolute Gasteiger partial charge is 0.423 e. The highest BCUT2D eigenvalue weighted by Gasteiger charge is 2.24. The fourth-order valence-corrected chi connectivity index (χ4v) is 4.67. The van der Waals surface area contributed by atoms with Crippen LogP contribution in [0.4, 0.5) is 0 Å². The van der Waals surface area contributed by atoms with Gasteiger partial charge in [0.1, 0.15) is 12.2 Å². The number of ether oxygens (including phenoxy) is 1. The third kappa shape index (κ3) is 4.86. The van der Waals surface area contributed by atoms with Crippen molar-refractivity contribution in [2.75, 3.05) is 20.2 Å². The summed E-state index contributed by atoms with van der Waals surface area (Å²) < 4.78 is 10.7. The summed E-state index contributed by atoms with van der Waals surface area (Å²) in [5, 5.41) is 1.04. The molecule has 2 aromatic heterocycles. The average molecular weight is 422 g/mol. The van der Waals surface area contributed by atoms with Gasteiger partial charge in [0.2, 0.25) is 0 Å². The van der Waals surface area contributed by atoms with Crippen LogP contribution in [0, 0.1) is 6.92 Å². The van der Waals surface area contributed by atoms with Gasteiger partial charge < -0.3 is 9.15 Å². The van der Waals surface area contributed by atoms with Gasteiger partial charge in [0.15, 0.2) is 5.82 Å². The smallest absolute Gasteiger partial charge is 0.336 e. The zero-order valence-corrected chi connectivity index (χ0v) is 18.9. The molecule has 164 valence electrons. The maximum Gasteiger partial charge on any atom is 0.336 e. The summed E-state index contributed by atoms with van der Waals surface area (Å²) in [6.45, 7) is 9.55. The van der Waals surface area contributed by atoms with Crippen LogP contribution in [0.5, 0.6) is 0 Å². The molecule has 0 unspecified atom stereocenters. The SMILES string of the molecule is COCc1nccc([C@H]2CCCN(Cc3cc(=O)oc4cc(C)c(C(C)C)cc34)C2)n1. The third-order valence-corrected chi connectivity index (χ3v) is 6.16. The predicted octanol–water partition coefficient (Wildman–Crippen LogP) is 4.54. The Morgan fingerprint density at radius 1 is 1.29 bits per heavy atom. The van der Waals surface area contributed by atoms with Crippen LogP contribution in [0.15, 0.2) is 39.7 Å². The van der Waals surface area contributed by atoms with Crippen molar-refractivity contribution in [1.29, 1.82) is 0 Å². The van der Waals surface area contributed by atoms with E-state index in [1.54, 1.807) is 13.2 Å². The van der Waals surface area contributed by atoms with Crippen molar-refractivity contribution in [2.45, 2.75) is 58.6 Å². The van der Waals surface area contributed by atoms with Crippen LogP contribution < -0.4 is 5.63 Å². The second-order valence-electron chi connectivity index (χ2n) is 8.86. The number of nitrogens with zero attached hydrogens (tertiary/aromatic N) is 3. The number of likely N-dealkylation sites (tertiary alicyclic amines) is 1. The zero-order valence-electron chi connectivity index (χ0n) is 18.9. The van der Waals surface area contributed by atoms with Gasteiger partial charge in [-0.2, -0.15) is 0 Å². The summed E-state index contributed by atoms with van der Waals surface area (Å²) in [5.41, 5.74) is 4.96. The first-order valence-corrected chi connectivity index (χ1v) is 11.0. The van der Waals surface area contributed by atoms with Crippen LogP contribution in [-0.4, -0.2) is 35.1 Å². The van der Waals surface area contributed by atoms with Gasteiger partial charge in [0.05, 0.1) is 0 Å². The molecule has 1 fully saturated rings. The highest BCUT2D eigenvalue weighted by Crippen LogP contribution is 2.30. The van der Waals surface area contributed by atoms with E-state index in [0.29, 0.717) is 24.0 Å². The van der Waals surface area contributed by atoms with Gasteiger partial charge in [-0.25, -0.2) is 14.8 Å². The molecule has 1 atom stereocenters. The molecule has 0 N–H and O–H groups in total. The molecular weight excluding hydrogens is 390 g/mol. The van der Waals surface area contributed by atoms with Crippen LogP contribution in [0.25, 0.3) is 11.0 Å². The van der Waals surface area contributed by atoms with Gasteiger partial charge in [0, 0.05) is 49.5 Å². The summed E-state index contributed by atoms with van der Waals surface area (Å²) in [4.78, 5) is 23.7. The second kappa shape index (κ2) is 9.28. The lowest BCUT2D eigenvalue weighted by Gasteiger charge is -2.32. The lowest BCUT2D eigenvalue weighted by molar-refractivity contribution is 0.176. The molecule has 0 aliphatic carbocycles. The summed E-state index contributed by atoms with van der Waals surface area (Å²) in [7, 11) is 1.66. The molecule has 0 radical (unpaired) electrons. The highest BCUT2D eigenvalue weighted by atomic mass is 16.5. The Hall–Kier alpha value is -2.57. The number of piperidine rings is 1. The topological polar surface area (TPSA) is 68.5 Å². The minimum atomic E-state index is -0.284. The number of hydrogen-bond acceptors (Lipinski definition) is 6. The van der Waals surface area contributed by atoms with E-state index in [-0.39, 0.29) is 5.63 Å². The first-order valence-electron chi connectivity index (χ1n) is 11.0. The van der Waals surface area contributed by atoms with Gasteiger partial charge in [-0.3, -0.25) is 4.90 Å². The molecule has 1 aliphatic heterocycles. The Bertz CT molecular complexity index is 1120. The van der Waals surface area contributed by atoms with Crippen molar-refractivity contribution >= 4 is 11.0 Å². The lowest BCUT2D eigenvalue weighted by Crippen LogP contribution is -2.34. The Balaban J connectivity index is 1.60. The van der Waals surface area contributed by atoms with Crippen LogP contribution in [-0.2, 0) is 17.9 Å². The van der Waals surface area contributed by atoms with E-state index in [2.05, 4.69) is 36.7 Å². The van der Waals surface area contributed by atoms with Crippen LogP contribution in [0.1, 0.15) is 66.7 Å². The number of aromatic nitrogens is 2. The molecular formula is C25H31N3O3. The fraction of sp³-hybridized carbons (Fsp3) is 0.480. The molecule has 3 aromatic rings. The van der Waals surface area contributed by atoms with Gasteiger partial charge in [-0.15, -0.1) is 0 Å². The minimum Gasteiger partial charge on any atom is -0.423 e. The summed E-state index contributed by atoms with van der Waals surface area (Å²) in [6, 6.07) is 7.88. The number of rotatable bonds is 6. The molecule has 1 aliphatic rings. The summed E-state index contributed by atoms with van der Waals surface area (Å²) in [5.74, 6) is 1.50. The zero-order chi connectivity index (χ0) is 22.0. The average Bonchev–Trinajstić information content (AvgIpc) is 2.73. The number of hydrogen-bond donors (Lipinski definition) is 0. The maximum atomic E-state index is 12.2. The third-order valence-electron chi connectivity index (χ3n) is 6.16. The first-order chi connectivity index (χ1) is 14.9. The second-order valence-corrected chi connectivity index (χ2v) is 8.86. The first kappa shape index (κ1) is 21.7. The fourth-order valence-electron chi connectivity index (χ4n) is 4.67. The summed E-state index contributed by atoms with van der Waals surface area (Å²) >= 11 is 0. The molecule has 1 saturated heterocycles. The van der Waals surface area contributed by atoms with Crippen LogP contribution >= 0.6 is 0 Å². The molecule has 0 bridgehead atoms. The maximum absolute atomic E-state index is 12.2. The Morgan fingerprint density at radius 2 is 2.13 bits per heavy atom. The van der Waals surface area contributed by atoms with Gasteiger partial charge in [0.25, 0.3) is 0 Å². The van der Waals surface area contributed by atoms with Gasteiger partial charge in [-0.1, -0.05) is 13.8 Å². The van der Waals surface area contributed by atoms with E-state index >= 15 is 0 Å². The van der Waals surface area contributed by atoms with Gasteiger partial charge >= 0.3 is 5.63 Å². The van der Waals surface area contributed by atoms with E-state index in [1.807, 2.05) is 18.3 Å². The normalized spacial score (nSPS) is 17.5. The Labute approximate surface area is 183 Å². The van der Waals surface area contributed by atoms with Crippen molar-refractivity contribution in [3.8, 4) is 0 Å². The number of benzene rings is 1. The molecule has 6 heteroatoms.